The van der Waals surface area contributed by atoms with E-state index in [0.717, 1.165) is 10.0 Å². The molecular weight excluding hydrogens is 502 g/mol. The van der Waals surface area contributed by atoms with Crippen molar-refractivity contribution in [2.45, 2.75) is 0 Å². The molecule has 8 nitrogen and oxygen atoms in total. The van der Waals surface area contributed by atoms with Crippen molar-refractivity contribution in [3.05, 3.63) is 93.6 Å². The number of hydrogen-bond donors (Lipinski definition) is 2. The summed E-state index contributed by atoms with van der Waals surface area (Å²) in [4.78, 5) is 25.6. The van der Waals surface area contributed by atoms with E-state index in [9.17, 15) is 9.59 Å². The van der Waals surface area contributed by atoms with Crippen LogP contribution in [-0.4, -0.2) is 31.9 Å². The minimum absolute atomic E-state index is 0.0146. The van der Waals surface area contributed by atoms with E-state index in [1.807, 2.05) is 0 Å². The number of amides is 2. The van der Waals surface area contributed by atoms with E-state index in [1.165, 1.54) is 12.3 Å². The first kappa shape index (κ1) is 23.1. The molecule has 1 heterocycles. The molecule has 0 saturated carbocycles. The van der Waals surface area contributed by atoms with Gasteiger partial charge in [0.1, 0.15) is 11.4 Å². The fourth-order valence-corrected chi connectivity index (χ4v) is 3.66. The lowest BCUT2D eigenvalue weighted by Gasteiger charge is -2.09. The van der Waals surface area contributed by atoms with Gasteiger partial charge in [-0.1, -0.05) is 24.3 Å². The van der Waals surface area contributed by atoms with Gasteiger partial charge in [-0.2, -0.15) is 5.10 Å². The average molecular weight is 522 g/mol. The van der Waals surface area contributed by atoms with Crippen molar-refractivity contribution in [3.63, 3.8) is 0 Å². The van der Waals surface area contributed by atoms with Crippen LogP contribution in [0.1, 0.15) is 21.5 Å². The lowest BCUT2D eigenvalue weighted by atomic mass is 10.1. The Kier molecular flexibility index (Phi) is 7.24. The largest absolute Gasteiger partial charge is 0.496 e. The Bertz CT molecular complexity index is 1270. The van der Waals surface area contributed by atoms with Crippen molar-refractivity contribution in [1.82, 2.24) is 10.7 Å². The van der Waals surface area contributed by atoms with Crippen LogP contribution >= 0.6 is 15.9 Å². The van der Waals surface area contributed by atoms with Crippen LogP contribution in [0.15, 0.2) is 82.0 Å². The van der Waals surface area contributed by atoms with Crippen LogP contribution in [-0.2, 0) is 4.79 Å². The van der Waals surface area contributed by atoms with E-state index in [2.05, 4.69) is 31.8 Å². The first-order valence-electron chi connectivity index (χ1n) is 10.2. The second-order valence-corrected chi connectivity index (χ2v) is 7.94. The molecule has 0 fully saturated rings. The number of fused-ring (bicyclic) bond motifs is 1. The summed E-state index contributed by atoms with van der Waals surface area (Å²) in [5.41, 5.74) is 4.27. The van der Waals surface area contributed by atoms with Crippen LogP contribution < -0.4 is 25.0 Å². The van der Waals surface area contributed by atoms with Gasteiger partial charge in [0, 0.05) is 5.56 Å². The molecular formula is C25H20BrN3O5. The maximum atomic E-state index is 12.9. The molecule has 4 rings (SSSR count). The highest BCUT2D eigenvalue weighted by atomic mass is 79.9. The Morgan fingerprint density at radius 1 is 1.00 bits per heavy atom. The van der Waals surface area contributed by atoms with Gasteiger partial charge in [-0.15, -0.1) is 0 Å². The van der Waals surface area contributed by atoms with E-state index in [4.69, 9.17) is 14.2 Å². The molecule has 172 valence electrons. The highest BCUT2D eigenvalue weighted by Crippen LogP contribution is 2.33. The lowest BCUT2D eigenvalue weighted by molar-refractivity contribution is -0.117. The van der Waals surface area contributed by atoms with Gasteiger partial charge in [-0.3, -0.25) is 9.59 Å². The third-order valence-corrected chi connectivity index (χ3v) is 5.41. The zero-order chi connectivity index (χ0) is 23.9. The van der Waals surface area contributed by atoms with Gasteiger partial charge in [0.05, 0.1) is 17.8 Å². The van der Waals surface area contributed by atoms with E-state index >= 15 is 0 Å². The fraction of sp³-hybridized carbons (Fsp3) is 0.0800. The summed E-state index contributed by atoms with van der Waals surface area (Å²) < 4.78 is 16.7. The van der Waals surface area contributed by atoms with Crippen LogP contribution in [0.5, 0.6) is 17.2 Å². The molecule has 0 aromatic heterocycles. The Balaban J connectivity index is 1.54. The SMILES string of the molecule is COc1ccc(C=NNC(=O)C(=Cc2ccc3c(c2)OCO3)NC(=O)c2ccccc2)cc1Br. The van der Waals surface area contributed by atoms with Crippen LogP contribution in [0.4, 0.5) is 0 Å². The van der Waals surface area contributed by atoms with Gasteiger partial charge < -0.3 is 19.5 Å². The Labute approximate surface area is 204 Å². The fourth-order valence-electron chi connectivity index (χ4n) is 3.10. The number of methoxy groups -OCH3 is 1. The second-order valence-electron chi connectivity index (χ2n) is 7.08. The number of halogens is 1. The average Bonchev–Trinajstić information content (AvgIpc) is 3.32. The van der Waals surface area contributed by atoms with Crippen molar-refractivity contribution in [2.24, 2.45) is 5.10 Å². The zero-order valence-corrected chi connectivity index (χ0v) is 19.7. The maximum absolute atomic E-state index is 12.9. The summed E-state index contributed by atoms with van der Waals surface area (Å²) in [6.45, 7) is 0.136. The van der Waals surface area contributed by atoms with E-state index in [0.29, 0.717) is 28.4 Å². The van der Waals surface area contributed by atoms with Gasteiger partial charge in [-0.25, -0.2) is 5.43 Å². The van der Waals surface area contributed by atoms with Crippen molar-refractivity contribution in [3.8, 4) is 17.2 Å². The molecule has 3 aromatic carbocycles. The number of carbonyl (C=O) groups excluding carboxylic acids is 2. The quantitative estimate of drug-likeness (QED) is 0.277. The number of nitrogens with zero attached hydrogens (tertiary/aromatic N) is 1. The summed E-state index contributed by atoms with van der Waals surface area (Å²) in [6.07, 6.45) is 3.02. The normalized spacial score (nSPS) is 12.5. The number of carbonyl (C=O) groups is 2. The molecule has 34 heavy (non-hydrogen) atoms. The molecule has 3 aromatic rings. The summed E-state index contributed by atoms with van der Waals surface area (Å²) in [5.74, 6) is 0.841. The van der Waals surface area contributed by atoms with Gasteiger partial charge in [0.15, 0.2) is 11.5 Å². The predicted molar refractivity (Wildman–Crippen MR) is 131 cm³/mol. The van der Waals surface area contributed by atoms with Crippen LogP contribution in [0.25, 0.3) is 6.08 Å². The minimum Gasteiger partial charge on any atom is -0.496 e. The Morgan fingerprint density at radius 2 is 1.76 bits per heavy atom. The molecule has 2 amide bonds. The molecule has 0 saturated heterocycles. The Hall–Kier alpha value is -4.11. The van der Waals surface area contributed by atoms with Crippen molar-refractivity contribution >= 4 is 40.0 Å². The van der Waals surface area contributed by atoms with Gasteiger partial charge in [0.2, 0.25) is 6.79 Å². The molecule has 2 N–H and O–H groups in total. The first-order chi connectivity index (χ1) is 16.5. The number of rotatable bonds is 7. The van der Waals surface area contributed by atoms with Crippen LogP contribution in [0.3, 0.4) is 0 Å². The molecule has 0 radical (unpaired) electrons. The Morgan fingerprint density at radius 3 is 2.53 bits per heavy atom. The van der Waals surface area contributed by atoms with Gasteiger partial charge in [0.25, 0.3) is 11.8 Å². The lowest BCUT2D eigenvalue weighted by Crippen LogP contribution is -2.32. The molecule has 9 heteroatoms. The van der Waals surface area contributed by atoms with Gasteiger partial charge in [-0.05, 0) is 75.6 Å². The summed E-state index contributed by atoms with van der Waals surface area (Å²) in [7, 11) is 1.58. The first-order valence-corrected chi connectivity index (χ1v) is 11.0. The third-order valence-electron chi connectivity index (χ3n) is 4.79. The van der Waals surface area contributed by atoms with Crippen LogP contribution in [0.2, 0.25) is 0 Å². The summed E-state index contributed by atoms with van der Waals surface area (Å²) >= 11 is 3.41. The zero-order valence-electron chi connectivity index (χ0n) is 18.1. The summed E-state index contributed by atoms with van der Waals surface area (Å²) in [5, 5.41) is 6.68. The summed E-state index contributed by atoms with van der Waals surface area (Å²) in [6, 6.07) is 19.2. The van der Waals surface area contributed by atoms with E-state index in [1.54, 1.807) is 73.8 Å². The van der Waals surface area contributed by atoms with Crippen molar-refractivity contribution < 1.29 is 23.8 Å². The van der Waals surface area contributed by atoms with Gasteiger partial charge >= 0.3 is 0 Å². The number of ether oxygens (including phenoxy) is 3. The molecule has 0 aliphatic carbocycles. The maximum Gasteiger partial charge on any atom is 0.287 e. The number of hydrazone groups is 1. The molecule has 1 aliphatic heterocycles. The van der Waals surface area contributed by atoms with E-state index in [-0.39, 0.29) is 12.5 Å². The third kappa shape index (κ3) is 5.62. The van der Waals surface area contributed by atoms with Crippen LogP contribution in [0, 0.1) is 0 Å². The molecule has 1 aliphatic rings. The van der Waals surface area contributed by atoms with E-state index < -0.39 is 11.8 Å². The molecule has 0 unspecified atom stereocenters. The molecule has 0 bridgehead atoms. The second kappa shape index (κ2) is 10.7. The predicted octanol–water partition coefficient (Wildman–Crippen LogP) is 4.11. The highest BCUT2D eigenvalue weighted by Gasteiger charge is 2.17. The molecule has 0 spiro atoms. The molecule has 0 atom stereocenters. The number of hydrogen-bond acceptors (Lipinski definition) is 6. The minimum atomic E-state index is -0.592. The smallest absolute Gasteiger partial charge is 0.287 e. The number of benzene rings is 3. The monoisotopic (exact) mass is 521 g/mol. The standard InChI is InChI=1S/C25H20BrN3O5/c1-32-21-9-8-17(11-19(21)26)14-27-29-25(31)20(28-24(30)18-5-3-2-4-6-18)12-16-7-10-22-23(13-16)34-15-33-22/h2-14H,15H2,1H3,(H,28,30)(H,29,31). The number of nitrogens with one attached hydrogen (secondary N) is 2. The van der Waals surface area contributed by atoms with Crippen molar-refractivity contribution in [2.75, 3.05) is 13.9 Å². The highest BCUT2D eigenvalue weighted by molar-refractivity contribution is 9.10. The van der Waals surface area contributed by atoms with Crippen molar-refractivity contribution in [1.29, 1.82) is 0 Å². The topological polar surface area (TPSA) is 98.2 Å².